The highest BCUT2D eigenvalue weighted by Gasteiger charge is 2.16. The highest BCUT2D eigenvalue weighted by molar-refractivity contribution is 6.39. The van der Waals surface area contributed by atoms with Crippen LogP contribution in [0.2, 0.25) is 10.0 Å². The molecule has 1 aliphatic heterocycles. The molecule has 0 amide bonds. The molecule has 0 saturated carbocycles. The van der Waals surface area contributed by atoms with Gasteiger partial charge in [0, 0.05) is 26.2 Å². The average molecular weight is 344 g/mol. The Labute approximate surface area is 136 Å². The Kier molecular flexibility index (Phi) is 4.54. The number of hydrogen-bond donors (Lipinski definition) is 1. The van der Waals surface area contributed by atoms with Gasteiger partial charge in [0.2, 0.25) is 0 Å². The van der Waals surface area contributed by atoms with Crippen LogP contribution in [0.1, 0.15) is 0 Å². The number of fused-ring (bicyclic) bond motifs is 1. The van der Waals surface area contributed by atoms with Crippen molar-refractivity contribution in [3.8, 4) is 5.75 Å². The van der Waals surface area contributed by atoms with Crippen molar-refractivity contribution in [2.45, 2.75) is 6.54 Å². The number of hydrogen-bond acceptors (Lipinski definition) is 5. The number of nitrogens with zero attached hydrogens (tertiary/aromatic N) is 3. The number of morpholine rings is 1. The number of phenolic OH excluding ortho intramolecular Hbond substituents is 1. The Bertz CT molecular complexity index is 757. The van der Waals surface area contributed by atoms with E-state index in [2.05, 4.69) is 9.88 Å². The first-order valence-electron chi connectivity index (χ1n) is 6.94. The van der Waals surface area contributed by atoms with Gasteiger partial charge < -0.3 is 9.84 Å². The summed E-state index contributed by atoms with van der Waals surface area (Å²) in [7, 11) is 0. The predicted molar refractivity (Wildman–Crippen MR) is 84.9 cm³/mol. The Balaban J connectivity index is 1.91. The zero-order chi connectivity index (χ0) is 15.7. The monoisotopic (exact) mass is 343 g/mol. The molecule has 1 N–H and O–H groups in total. The molecule has 1 aliphatic rings. The molecule has 1 aromatic heterocycles. The van der Waals surface area contributed by atoms with Crippen LogP contribution in [-0.4, -0.2) is 52.4 Å². The minimum Gasteiger partial charge on any atom is -0.504 e. The fourth-order valence-electron chi connectivity index (χ4n) is 2.48. The lowest BCUT2D eigenvalue weighted by Gasteiger charge is -2.26. The minimum atomic E-state index is -0.282. The first kappa shape index (κ1) is 15.6. The van der Waals surface area contributed by atoms with Gasteiger partial charge in [-0.25, -0.2) is 4.98 Å². The van der Waals surface area contributed by atoms with E-state index in [1.807, 2.05) is 0 Å². The maximum atomic E-state index is 12.5. The molecule has 8 heteroatoms. The SMILES string of the molecule is O=c1c2c(Cl)cc(Cl)c(O)c2ncn1CCN1CCOCC1. The zero-order valence-electron chi connectivity index (χ0n) is 11.8. The van der Waals surface area contributed by atoms with E-state index < -0.39 is 0 Å². The summed E-state index contributed by atoms with van der Waals surface area (Å²) in [5.74, 6) is -0.224. The van der Waals surface area contributed by atoms with Gasteiger partial charge >= 0.3 is 0 Å². The zero-order valence-corrected chi connectivity index (χ0v) is 13.3. The fourth-order valence-corrected chi connectivity index (χ4v) is 3.02. The van der Waals surface area contributed by atoms with E-state index in [9.17, 15) is 9.90 Å². The Morgan fingerprint density at radius 1 is 1.23 bits per heavy atom. The summed E-state index contributed by atoms with van der Waals surface area (Å²) < 4.78 is 6.79. The van der Waals surface area contributed by atoms with Crippen LogP contribution in [0.4, 0.5) is 0 Å². The van der Waals surface area contributed by atoms with E-state index in [0.717, 1.165) is 19.6 Å². The van der Waals surface area contributed by atoms with Gasteiger partial charge in [-0.3, -0.25) is 14.3 Å². The van der Waals surface area contributed by atoms with E-state index in [0.29, 0.717) is 19.8 Å². The fraction of sp³-hybridized carbons (Fsp3) is 0.429. The summed E-state index contributed by atoms with van der Waals surface area (Å²) in [5.41, 5.74) is -0.152. The molecule has 0 bridgehead atoms. The minimum absolute atomic E-state index is 0.0791. The van der Waals surface area contributed by atoms with Gasteiger partial charge in [-0.1, -0.05) is 23.2 Å². The van der Waals surface area contributed by atoms with Crippen LogP contribution in [0.3, 0.4) is 0 Å². The molecule has 0 atom stereocenters. The largest absolute Gasteiger partial charge is 0.504 e. The maximum absolute atomic E-state index is 12.5. The van der Waals surface area contributed by atoms with Crippen molar-refractivity contribution in [1.82, 2.24) is 14.5 Å². The first-order chi connectivity index (χ1) is 10.6. The summed E-state index contributed by atoms with van der Waals surface area (Å²) >= 11 is 11.9. The van der Waals surface area contributed by atoms with Crippen LogP contribution >= 0.6 is 23.2 Å². The quantitative estimate of drug-likeness (QED) is 0.919. The van der Waals surface area contributed by atoms with Crippen LogP contribution in [0.5, 0.6) is 5.75 Å². The lowest BCUT2D eigenvalue weighted by molar-refractivity contribution is 0.0362. The summed E-state index contributed by atoms with van der Waals surface area (Å²) in [6, 6.07) is 1.36. The van der Waals surface area contributed by atoms with Crippen LogP contribution < -0.4 is 5.56 Å². The summed E-state index contributed by atoms with van der Waals surface area (Å²) in [6.45, 7) is 4.36. The van der Waals surface area contributed by atoms with Crippen molar-refractivity contribution in [3.05, 3.63) is 32.8 Å². The third-order valence-corrected chi connectivity index (χ3v) is 4.33. The van der Waals surface area contributed by atoms with Crippen molar-refractivity contribution in [2.24, 2.45) is 0 Å². The third-order valence-electron chi connectivity index (χ3n) is 3.74. The molecule has 0 unspecified atom stereocenters. The lowest BCUT2D eigenvalue weighted by atomic mass is 10.2. The third kappa shape index (κ3) is 2.92. The Morgan fingerprint density at radius 2 is 1.95 bits per heavy atom. The van der Waals surface area contributed by atoms with Crippen molar-refractivity contribution in [3.63, 3.8) is 0 Å². The number of aromatic hydroxyl groups is 1. The normalized spacial score (nSPS) is 16.3. The standard InChI is InChI=1S/C14H15Cl2N3O3/c15-9-7-10(16)13(20)12-11(9)14(21)19(8-17-12)2-1-18-3-5-22-6-4-18/h7-8,20H,1-6H2. The molecule has 1 fully saturated rings. The number of phenols is 1. The van der Waals surface area contributed by atoms with Gasteiger partial charge in [0.15, 0.2) is 5.75 Å². The van der Waals surface area contributed by atoms with Crippen molar-refractivity contribution in [1.29, 1.82) is 0 Å². The van der Waals surface area contributed by atoms with Crippen molar-refractivity contribution >= 4 is 34.1 Å². The summed E-state index contributed by atoms with van der Waals surface area (Å²) in [5, 5.41) is 10.4. The molecular weight excluding hydrogens is 329 g/mol. The van der Waals surface area contributed by atoms with Crippen molar-refractivity contribution < 1.29 is 9.84 Å². The molecule has 22 heavy (non-hydrogen) atoms. The Hall–Kier alpha value is -1.34. The summed E-state index contributed by atoms with van der Waals surface area (Å²) in [4.78, 5) is 18.9. The molecule has 1 saturated heterocycles. The number of benzene rings is 1. The van der Waals surface area contributed by atoms with E-state index in [-0.39, 0.29) is 32.3 Å². The van der Waals surface area contributed by atoms with Gasteiger partial charge in [-0.05, 0) is 6.07 Å². The average Bonchev–Trinajstić information content (AvgIpc) is 2.52. The van der Waals surface area contributed by atoms with E-state index in [4.69, 9.17) is 27.9 Å². The van der Waals surface area contributed by atoms with Gasteiger partial charge in [0.1, 0.15) is 5.52 Å². The molecule has 0 radical (unpaired) electrons. The predicted octanol–water partition coefficient (Wildman–Crippen LogP) is 1.74. The topological polar surface area (TPSA) is 67.6 Å². The smallest absolute Gasteiger partial charge is 0.262 e. The van der Waals surface area contributed by atoms with Crippen LogP contribution in [0.25, 0.3) is 10.9 Å². The van der Waals surface area contributed by atoms with Gasteiger partial charge in [-0.2, -0.15) is 0 Å². The molecule has 2 heterocycles. The second-order valence-corrected chi connectivity index (χ2v) is 5.92. The number of aromatic nitrogens is 2. The van der Waals surface area contributed by atoms with Crippen LogP contribution in [0, 0.1) is 0 Å². The number of halogens is 2. The molecule has 6 nitrogen and oxygen atoms in total. The number of ether oxygens (including phenoxy) is 1. The Morgan fingerprint density at radius 3 is 2.68 bits per heavy atom. The van der Waals surface area contributed by atoms with E-state index in [1.54, 1.807) is 0 Å². The lowest BCUT2D eigenvalue weighted by Crippen LogP contribution is -2.39. The maximum Gasteiger partial charge on any atom is 0.262 e. The molecule has 3 rings (SSSR count). The molecule has 0 spiro atoms. The highest BCUT2D eigenvalue weighted by Crippen LogP contribution is 2.34. The van der Waals surface area contributed by atoms with Crippen molar-refractivity contribution in [2.75, 3.05) is 32.8 Å². The van der Waals surface area contributed by atoms with Gasteiger partial charge in [0.25, 0.3) is 5.56 Å². The number of rotatable bonds is 3. The molecule has 118 valence electrons. The van der Waals surface area contributed by atoms with Gasteiger partial charge in [-0.15, -0.1) is 0 Å². The highest BCUT2D eigenvalue weighted by atomic mass is 35.5. The molecule has 1 aromatic carbocycles. The van der Waals surface area contributed by atoms with E-state index in [1.165, 1.54) is 17.0 Å². The molecular formula is C14H15Cl2N3O3. The second kappa shape index (κ2) is 6.42. The second-order valence-electron chi connectivity index (χ2n) is 5.11. The summed E-state index contributed by atoms with van der Waals surface area (Å²) in [6.07, 6.45) is 1.41. The van der Waals surface area contributed by atoms with E-state index >= 15 is 0 Å². The van der Waals surface area contributed by atoms with Crippen LogP contribution in [0.15, 0.2) is 17.2 Å². The first-order valence-corrected chi connectivity index (χ1v) is 7.69. The van der Waals surface area contributed by atoms with Gasteiger partial charge in [0.05, 0.1) is 35.0 Å². The van der Waals surface area contributed by atoms with Crippen LogP contribution in [-0.2, 0) is 11.3 Å². The molecule has 2 aromatic rings. The molecule has 0 aliphatic carbocycles.